The number of hydrogen-bond acceptors (Lipinski definition) is 3. The Morgan fingerprint density at radius 1 is 1.05 bits per heavy atom. The number of nitrogens with zero attached hydrogens (tertiary/aromatic N) is 1. The van der Waals surface area contributed by atoms with E-state index in [-0.39, 0.29) is 5.54 Å². The van der Waals surface area contributed by atoms with Gasteiger partial charge < -0.3 is 10.1 Å². The van der Waals surface area contributed by atoms with Crippen molar-refractivity contribution in [2.24, 2.45) is 0 Å². The SMILES string of the molecule is Cc1ccc(Oc2cc(CNC(C)(C)C)cc(C)n2)cc1. The second-order valence-electron chi connectivity index (χ2n) is 6.47. The molecule has 1 aromatic carbocycles. The van der Waals surface area contributed by atoms with E-state index in [0.717, 1.165) is 18.0 Å². The zero-order valence-corrected chi connectivity index (χ0v) is 13.5. The summed E-state index contributed by atoms with van der Waals surface area (Å²) < 4.78 is 5.85. The first kappa shape index (κ1) is 15.5. The predicted molar refractivity (Wildman–Crippen MR) is 86.8 cm³/mol. The first-order valence-electron chi connectivity index (χ1n) is 7.29. The molecule has 0 spiro atoms. The third-order valence-electron chi connectivity index (χ3n) is 3.06. The molecule has 21 heavy (non-hydrogen) atoms. The number of benzene rings is 1. The number of hydrogen-bond donors (Lipinski definition) is 1. The zero-order chi connectivity index (χ0) is 15.5. The number of pyridine rings is 1. The van der Waals surface area contributed by atoms with Gasteiger partial charge in [-0.05, 0) is 58.4 Å². The molecule has 2 aromatic rings. The Morgan fingerprint density at radius 3 is 2.33 bits per heavy atom. The van der Waals surface area contributed by atoms with Gasteiger partial charge in [0.05, 0.1) is 0 Å². The van der Waals surface area contributed by atoms with Crippen molar-refractivity contribution in [3.8, 4) is 11.6 Å². The molecule has 1 N–H and O–H groups in total. The van der Waals surface area contributed by atoms with Crippen LogP contribution in [0.3, 0.4) is 0 Å². The van der Waals surface area contributed by atoms with Crippen LogP contribution in [0, 0.1) is 13.8 Å². The van der Waals surface area contributed by atoms with Gasteiger partial charge in [0.1, 0.15) is 5.75 Å². The Labute approximate surface area is 127 Å². The Kier molecular flexibility index (Phi) is 4.63. The van der Waals surface area contributed by atoms with Gasteiger partial charge in [-0.3, -0.25) is 0 Å². The van der Waals surface area contributed by atoms with Gasteiger partial charge in [0, 0.05) is 23.8 Å². The van der Waals surface area contributed by atoms with Crippen molar-refractivity contribution in [3.63, 3.8) is 0 Å². The van der Waals surface area contributed by atoms with Gasteiger partial charge in [-0.25, -0.2) is 4.98 Å². The molecular formula is C18H24N2O. The summed E-state index contributed by atoms with van der Waals surface area (Å²) in [6, 6.07) is 12.1. The van der Waals surface area contributed by atoms with Crippen molar-refractivity contribution in [2.45, 2.75) is 46.7 Å². The summed E-state index contributed by atoms with van der Waals surface area (Å²) >= 11 is 0. The smallest absolute Gasteiger partial charge is 0.219 e. The van der Waals surface area contributed by atoms with Crippen LogP contribution in [0.2, 0.25) is 0 Å². The summed E-state index contributed by atoms with van der Waals surface area (Å²) in [7, 11) is 0. The van der Waals surface area contributed by atoms with E-state index in [1.54, 1.807) is 0 Å². The number of nitrogens with one attached hydrogen (secondary N) is 1. The van der Waals surface area contributed by atoms with E-state index in [0.29, 0.717) is 5.88 Å². The molecule has 3 heteroatoms. The van der Waals surface area contributed by atoms with Crippen molar-refractivity contribution in [1.82, 2.24) is 10.3 Å². The minimum atomic E-state index is 0.0924. The lowest BCUT2D eigenvalue weighted by Crippen LogP contribution is -2.35. The normalized spacial score (nSPS) is 11.5. The largest absolute Gasteiger partial charge is 0.439 e. The molecule has 0 saturated heterocycles. The van der Waals surface area contributed by atoms with Crippen LogP contribution < -0.4 is 10.1 Å². The molecule has 0 bridgehead atoms. The fraction of sp³-hybridized carbons (Fsp3) is 0.389. The molecule has 1 heterocycles. The van der Waals surface area contributed by atoms with Gasteiger partial charge in [-0.1, -0.05) is 17.7 Å². The maximum absolute atomic E-state index is 5.85. The van der Waals surface area contributed by atoms with Crippen LogP contribution in [0.15, 0.2) is 36.4 Å². The maximum Gasteiger partial charge on any atom is 0.219 e. The molecule has 0 amide bonds. The third-order valence-corrected chi connectivity index (χ3v) is 3.06. The van der Waals surface area contributed by atoms with E-state index in [9.17, 15) is 0 Å². The first-order valence-corrected chi connectivity index (χ1v) is 7.29. The molecule has 0 aliphatic heterocycles. The maximum atomic E-state index is 5.85. The van der Waals surface area contributed by atoms with Crippen molar-refractivity contribution in [3.05, 3.63) is 53.2 Å². The molecule has 2 rings (SSSR count). The van der Waals surface area contributed by atoms with Crippen LogP contribution in [0.1, 0.15) is 37.6 Å². The van der Waals surface area contributed by atoms with E-state index in [1.807, 2.05) is 37.3 Å². The lowest BCUT2D eigenvalue weighted by molar-refractivity contribution is 0.421. The van der Waals surface area contributed by atoms with Gasteiger partial charge in [0.25, 0.3) is 0 Å². The fourth-order valence-electron chi connectivity index (χ4n) is 1.96. The van der Waals surface area contributed by atoms with Gasteiger partial charge >= 0.3 is 0 Å². The van der Waals surface area contributed by atoms with E-state index in [4.69, 9.17) is 4.74 Å². The molecule has 0 aliphatic rings. The molecule has 0 saturated carbocycles. The number of aromatic nitrogens is 1. The topological polar surface area (TPSA) is 34.1 Å². The Balaban J connectivity index is 2.13. The molecule has 1 aromatic heterocycles. The summed E-state index contributed by atoms with van der Waals surface area (Å²) in [5.74, 6) is 1.46. The lowest BCUT2D eigenvalue weighted by atomic mass is 10.1. The minimum absolute atomic E-state index is 0.0924. The highest BCUT2D eigenvalue weighted by atomic mass is 16.5. The van der Waals surface area contributed by atoms with E-state index < -0.39 is 0 Å². The molecule has 0 unspecified atom stereocenters. The third kappa shape index (κ3) is 5.20. The van der Waals surface area contributed by atoms with Gasteiger partial charge in [-0.15, -0.1) is 0 Å². The van der Waals surface area contributed by atoms with Crippen molar-refractivity contribution >= 4 is 0 Å². The van der Waals surface area contributed by atoms with Crippen LogP contribution in [0.25, 0.3) is 0 Å². The summed E-state index contributed by atoms with van der Waals surface area (Å²) in [5, 5.41) is 3.48. The highest BCUT2D eigenvalue weighted by molar-refractivity contribution is 5.32. The van der Waals surface area contributed by atoms with Gasteiger partial charge in [0.15, 0.2) is 0 Å². The fourth-order valence-corrected chi connectivity index (χ4v) is 1.96. The summed E-state index contributed by atoms with van der Waals surface area (Å²) in [5.41, 5.74) is 3.45. The molecule has 0 atom stereocenters. The highest BCUT2D eigenvalue weighted by Gasteiger charge is 2.10. The van der Waals surface area contributed by atoms with Crippen LogP contribution in [-0.4, -0.2) is 10.5 Å². The van der Waals surface area contributed by atoms with Gasteiger partial charge in [-0.2, -0.15) is 0 Å². The molecule has 0 aliphatic carbocycles. The van der Waals surface area contributed by atoms with Crippen molar-refractivity contribution < 1.29 is 4.74 Å². The zero-order valence-electron chi connectivity index (χ0n) is 13.5. The summed E-state index contributed by atoms with van der Waals surface area (Å²) in [6.45, 7) is 11.3. The van der Waals surface area contributed by atoms with Crippen LogP contribution in [-0.2, 0) is 6.54 Å². The van der Waals surface area contributed by atoms with Crippen LogP contribution in [0.5, 0.6) is 11.6 Å². The Morgan fingerprint density at radius 2 is 1.71 bits per heavy atom. The molecule has 112 valence electrons. The summed E-state index contributed by atoms with van der Waals surface area (Å²) in [6.07, 6.45) is 0. The Bertz CT molecular complexity index is 598. The highest BCUT2D eigenvalue weighted by Crippen LogP contribution is 2.21. The quantitative estimate of drug-likeness (QED) is 0.904. The average molecular weight is 284 g/mol. The van der Waals surface area contributed by atoms with Crippen LogP contribution in [0.4, 0.5) is 0 Å². The second-order valence-corrected chi connectivity index (χ2v) is 6.47. The minimum Gasteiger partial charge on any atom is -0.439 e. The average Bonchev–Trinajstić information content (AvgIpc) is 2.38. The standard InChI is InChI=1S/C18H24N2O/c1-13-6-8-16(9-7-13)21-17-11-15(10-14(2)20-17)12-19-18(3,4)5/h6-11,19H,12H2,1-5H3. The van der Waals surface area contributed by atoms with Crippen molar-refractivity contribution in [2.75, 3.05) is 0 Å². The van der Waals surface area contributed by atoms with Crippen LogP contribution >= 0.6 is 0 Å². The van der Waals surface area contributed by atoms with Gasteiger partial charge in [0.2, 0.25) is 5.88 Å². The molecule has 0 fully saturated rings. The van der Waals surface area contributed by atoms with E-state index >= 15 is 0 Å². The van der Waals surface area contributed by atoms with E-state index in [2.05, 4.69) is 44.1 Å². The summed E-state index contributed by atoms with van der Waals surface area (Å²) in [4.78, 5) is 4.45. The monoisotopic (exact) mass is 284 g/mol. The molecule has 3 nitrogen and oxygen atoms in total. The molecule has 0 radical (unpaired) electrons. The number of rotatable bonds is 4. The van der Waals surface area contributed by atoms with E-state index in [1.165, 1.54) is 11.1 Å². The predicted octanol–water partition coefficient (Wildman–Crippen LogP) is 4.38. The second kappa shape index (κ2) is 6.27. The first-order chi connectivity index (χ1) is 9.82. The molecular weight excluding hydrogens is 260 g/mol. The Hall–Kier alpha value is -1.87. The number of ether oxygens (including phenoxy) is 1. The number of aryl methyl sites for hydroxylation is 2. The van der Waals surface area contributed by atoms with Crippen molar-refractivity contribution in [1.29, 1.82) is 0 Å². The lowest BCUT2D eigenvalue weighted by Gasteiger charge is -2.20.